The van der Waals surface area contributed by atoms with E-state index in [0.29, 0.717) is 38.7 Å². The van der Waals surface area contributed by atoms with Crippen molar-refractivity contribution in [1.29, 1.82) is 0 Å². The quantitative estimate of drug-likeness (QED) is 0.361. The minimum absolute atomic E-state index is 0.0774. The van der Waals surface area contributed by atoms with Crippen molar-refractivity contribution >= 4 is 29.8 Å². The van der Waals surface area contributed by atoms with Gasteiger partial charge in [-0.2, -0.15) is 0 Å². The highest BCUT2D eigenvalue weighted by molar-refractivity contribution is 6.26. The van der Waals surface area contributed by atoms with Crippen LogP contribution >= 0.6 is 11.6 Å². The van der Waals surface area contributed by atoms with Crippen molar-refractivity contribution in [1.82, 2.24) is 0 Å². The third-order valence-corrected chi connectivity index (χ3v) is 10.5. The molecule has 0 spiro atoms. The maximum absolute atomic E-state index is 12.7. The summed E-state index contributed by atoms with van der Waals surface area (Å²) in [6.45, 7) is 2.42. The van der Waals surface area contributed by atoms with E-state index < -0.39 is 34.1 Å². The number of alkyl halides is 1. The van der Waals surface area contributed by atoms with Crippen LogP contribution in [0.1, 0.15) is 64.7 Å². The third-order valence-electron chi connectivity index (χ3n) is 10.2. The topological polar surface area (TPSA) is 110 Å². The molecule has 0 aromatic heterocycles. The lowest BCUT2D eigenvalue weighted by Gasteiger charge is -2.65. The van der Waals surface area contributed by atoms with Crippen LogP contribution < -0.4 is 0 Å². The Labute approximate surface area is 198 Å². The number of halogens is 1. The predicted molar refractivity (Wildman–Crippen MR) is 118 cm³/mol. The van der Waals surface area contributed by atoms with E-state index >= 15 is 0 Å². The monoisotopic (exact) mass is 480 g/mol. The smallest absolute Gasteiger partial charge is 0.331 e. The summed E-state index contributed by atoms with van der Waals surface area (Å²) >= 11 is 5.58. The third kappa shape index (κ3) is 3.11. The van der Waals surface area contributed by atoms with Crippen molar-refractivity contribution in [3.8, 4) is 0 Å². The predicted octanol–water partition coefficient (Wildman–Crippen LogP) is 2.69. The molecule has 0 unspecified atom stereocenters. The van der Waals surface area contributed by atoms with E-state index in [1.807, 2.05) is 0 Å². The number of esters is 2. The van der Waals surface area contributed by atoms with Gasteiger partial charge < -0.3 is 24.5 Å². The number of aldehydes is 1. The number of carbonyl (C=O) groups excluding carboxylic acids is 3. The van der Waals surface area contributed by atoms with Gasteiger partial charge in [0, 0.05) is 17.9 Å². The van der Waals surface area contributed by atoms with Crippen LogP contribution in [0.5, 0.6) is 0 Å². The summed E-state index contributed by atoms with van der Waals surface area (Å²) in [7, 11) is 0. The molecule has 8 heteroatoms. The second-order valence-corrected chi connectivity index (χ2v) is 11.5. The normalized spacial score (nSPS) is 48.7. The zero-order chi connectivity index (χ0) is 23.6. The number of rotatable bonds is 4. The van der Waals surface area contributed by atoms with Crippen LogP contribution in [-0.2, 0) is 23.9 Å². The molecule has 7 nitrogen and oxygen atoms in total. The number of ether oxygens (including phenoxy) is 2. The Morgan fingerprint density at radius 3 is 2.61 bits per heavy atom. The lowest BCUT2D eigenvalue weighted by molar-refractivity contribution is -0.249. The van der Waals surface area contributed by atoms with Gasteiger partial charge in [-0.05, 0) is 74.7 Å². The van der Waals surface area contributed by atoms with E-state index in [0.717, 1.165) is 31.1 Å². The Balaban J connectivity index is 1.44. The van der Waals surface area contributed by atoms with Gasteiger partial charge in [-0.1, -0.05) is 6.92 Å². The first-order chi connectivity index (χ1) is 15.6. The van der Waals surface area contributed by atoms with Crippen LogP contribution in [0.25, 0.3) is 0 Å². The molecule has 0 amide bonds. The van der Waals surface area contributed by atoms with Gasteiger partial charge in [0.15, 0.2) is 0 Å². The molecule has 4 aliphatic carbocycles. The molecular weight excluding hydrogens is 448 g/mol. The zero-order valence-electron chi connectivity index (χ0n) is 19.1. The summed E-state index contributed by atoms with van der Waals surface area (Å²) in [5.74, 6) is -1.22. The largest absolute Gasteiger partial charge is 0.461 e. The van der Waals surface area contributed by atoms with Crippen LogP contribution in [0, 0.1) is 28.6 Å². The molecule has 0 saturated heterocycles. The van der Waals surface area contributed by atoms with E-state index in [9.17, 15) is 24.6 Å². The SMILES string of the molecule is C[C@@]12CC[C@@H]3[C@H](CC[C@]4(O)C[C@H](OC(=O)CCl)CC[C@]34C=O)[C@@]1(O)CC[C@H]2C1=CC(=O)OC1. The van der Waals surface area contributed by atoms with Crippen LogP contribution in [0.3, 0.4) is 0 Å². The average Bonchev–Trinajstić information content (AvgIpc) is 3.33. The molecule has 0 aromatic carbocycles. The lowest BCUT2D eigenvalue weighted by Crippen LogP contribution is -2.69. The molecule has 33 heavy (non-hydrogen) atoms. The molecule has 1 heterocycles. The first-order valence-electron chi connectivity index (χ1n) is 12.2. The average molecular weight is 481 g/mol. The van der Waals surface area contributed by atoms with Crippen LogP contribution in [0.4, 0.5) is 0 Å². The zero-order valence-corrected chi connectivity index (χ0v) is 19.8. The van der Waals surface area contributed by atoms with Crippen LogP contribution in [0.2, 0.25) is 0 Å². The molecule has 8 atom stereocenters. The van der Waals surface area contributed by atoms with E-state index in [1.54, 1.807) is 6.08 Å². The Bertz CT molecular complexity index is 903. The summed E-state index contributed by atoms with van der Waals surface area (Å²) in [4.78, 5) is 36.1. The summed E-state index contributed by atoms with van der Waals surface area (Å²) in [5.41, 5.74) is -2.62. The summed E-state index contributed by atoms with van der Waals surface area (Å²) < 4.78 is 10.6. The van der Waals surface area contributed by atoms with Crippen molar-refractivity contribution in [2.24, 2.45) is 28.6 Å². The molecule has 4 saturated carbocycles. The van der Waals surface area contributed by atoms with Gasteiger partial charge in [0.1, 0.15) is 24.9 Å². The lowest BCUT2D eigenvalue weighted by atomic mass is 9.41. The van der Waals surface area contributed by atoms with Gasteiger partial charge >= 0.3 is 11.9 Å². The van der Waals surface area contributed by atoms with Crippen molar-refractivity contribution in [3.63, 3.8) is 0 Å². The molecule has 5 aliphatic rings. The summed E-state index contributed by atoms with van der Waals surface area (Å²) in [5, 5.41) is 24.0. The van der Waals surface area contributed by atoms with Crippen molar-refractivity contribution in [2.75, 3.05) is 12.5 Å². The molecule has 0 aromatic rings. The maximum Gasteiger partial charge on any atom is 0.331 e. The van der Waals surface area contributed by atoms with E-state index in [2.05, 4.69) is 6.92 Å². The molecular formula is C25H33ClO7. The Kier molecular flexibility index (Phi) is 5.50. The minimum Gasteiger partial charge on any atom is -0.461 e. The molecule has 2 N–H and O–H groups in total. The highest BCUT2D eigenvalue weighted by Crippen LogP contribution is 2.70. The number of hydrogen-bond donors (Lipinski definition) is 2. The number of fused-ring (bicyclic) bond motifs is 5. The minimum atomic E-state index is -1.26. The Morgan fingerprint density at radius 2 is 1.94 bits per heavy atom. The second-order valence-electron chi connectivity index (χ2n) is 11.2. The number of aliphatic hydroxyl groups is 2. The van der Waals surface area contributed by atoms with Crippen LogP contribution in [0.15, 0.2) is 11.6 Å². The number of cyclic esters (lactones) is 1. The standard InChI is InChI=1S/C25H33ClO7/c1-22-6-3-18-19(25(22,31)9-5-17(22)15-10-20(28)32-13-15)4-8-24(30)11-16(33-21(29)12-26)2-7-23(18,24)14-27/h10,14,16-19,30-31H,2-9,11-13H2,1H3/t16-,17+,18-,19+,22+,23+,24+,25+/m1/s1. The highest BCUT2D eigenvalue weighted by Gasteiger charge is 2.71. The van der Waals surface area contributed by atoms with Crippen molar-refractivity contribution < 1.29 is 34.1 Å². The van der Waals surface area contributed by atoms with Gasteiger partial charge in [0.2, 0.25) is 0 Å². The molecule has 0 radical (unpaired) electrons. The Morgan fingerprint density at radius 1 is 1.18 bits per heavy atom. The molecule has 0 bridgehead atoms. The van der Waals surface area contributed by atoms with Gasteiger partial charge in [0.05, 0.1) is 16.6 Å². The van der Waals surface area contributed by atoms with Gasteiger partial charge in [-0.25, -0.2) is 4.79 Å². The fraction of sp³-hybridized carbons (Fsp3) is 0.800. The van der Waals surface area contributed by atoms with Crippen molar-refractivity contribution in [3.05, 3.63) is 11.6 Å². The van der Waals surface area contributed by atoms with E-state index in [-0.39, 0.29) is 36.0 Å². The first-order valence-corrected chi connectivity index (χ1v) is 12.7. The maximum atomic E-state index is 12.7. The Hall–Kier alpha value is -1.44. The fourth-order valence-corrected chi connectivity index (χ4v) is 8.70. The fourth-order valence-electron chi connectivity index (χ4n) is 8.64. The summed E-state index contributed by atoms with van der Waals surface area (Å²) in [6.07, 6.45) is 7.07. The van der Waals surface area contributed by atoms with Gasteiger partial charge in [-0.3, -0.25) is 4.79 Å². The number of hydrogen-bond acceptors (Lipinski definition) is 7. The number of carbonyl (C=O) groups is 3. The van der Waals surface area contributed by atoms with Gasteiger partial charge in [-0.15, -0.1) is 11.6 Å². The van der Waals surface area contributed by atoms with Crippen molar-refractivity contribution in [2.45, 2.75) is 82.0 Å². The van der Waals surface area contributed by atoms with Gasteiger partial charge in [0.25, 0.3) is 0 Å². The molecule has 4 fully saturated rings. The van der Waals surface area contributed by atoms with E-state index in [4.69, 9.17) is 21.1 Å². The molecule has 182 valence electrons. The first kappa shape index (κ1) is 23.3. The molecule has 5 rings (SSSR count). The van der Waals surface area contributed by atoms with E-state index in [1.165, 1.54) is 0 Å². The molecule has 1 aliphatic heterocycles. The summed E-state index contributed by atoms with van der Waals surface area (Å²) in [6, 6.07) is 0. The highest BCUT2D eigenvalue weighted by atomic mass is 35.5. The second kappa shape index (κ2) is 7.79. The van der Waals surface area contributed by atoms with Crippen LogP contribution in [-0.4, -0.2) is 58.2 Å².